The fourth-order valence-corrected chi connectivity index (χ4v) is 8.76. The molecule has 5 nitrogen and oxygen atoms in total. The lowest BCUT2D eigenvalue weighted by molar-refractivity contribution is 0.670. The van der Waals surface area contributed by atoms with Gasteiger partial charge in [0.25, 0.3) is 0 Å². The first-order valence-corrected chi connectivity index (χ1v) is 20.8. The van der Waals surface area contributed by atoms with Crippen molar-refractivity contribution in [3.8, 4) is 73.2 Å². The molecule has 12 aromatic rings. The van der Waals surface area contributed by atoms with E-state index >= 15 is 0 Å². The third kappa shape index (κ3) is 6.14. The number of nitrogens with zero attached hydrogens (tertiary/aromatic N) is 4. The molecule has 0 saturated carbocycles. The van der Waals surface area contributed by atoms with Crippen LogP contribution in [0.5, 0.6) is 0 Å². The number of furan rings is 1. The number of hydrogen-bond donors (Lipinski definition) is 0. The van der Waals surface area contributed by atoms with Gasteiger partial charge in [0.1, 0.15) is 11.1 Å². The van der Waals surface area contributed by atoms with Crippen LogP contribution in [0.4, 0.5) is 0 Å². The molecule has 0 fully saturated rings. The lowest BCUT2D eigenvalue weighted by Crippen LogP contribution is -2.06. The van der Waals surface area contributed by atoms with Crippen molar-refractivity contribution in [3.05, 3.63) is 218 Å². The largest absolute Gasteiger partial charge is 0.454 e. The Morgan fingerprint density at radius 1 is 0.290 bits per heavy atom. The molecule has 0 radical (unpaired) electrons. The number of para-hydroxylation sites is 2. The molecule has 0 N–H and O–H groups in total. The first kappa shape index (κ1) is 35.5. The number of rotatable bonds is 7. The van der Waals surface area contributed by atoms with Crippen LogP contribution < -0.4 is 0 Å². The molecule has 0 unspecified atom stereocenters. The Kier molecular flexibility index (Phi) is 8.42. The Labute approximate surface area is 357 Å². The highest BCUT2D eigenvalue weighted by Crippen LogP contribution is 2.40. The van der Waals surface area contributed by atoms with E-state index in [0.29, 0.717) is 17.6 Å². The van der Waals surface area contributed by atoms with Gasteiger partial charge >= 0.3 is 0 Å². The third-order valence-corrected chi connectivity index (χ3v) is 11.9. The monoisotopic (exact) mass is 792 g/mol. The molecular weight excluding hydrogens is 757 g/mol. The second kappa shape index (κ2) is 14.7. The Morgan fingerprint density at radius 2 is 0.677 bits per heavy atom. The van der Waals surface area contributed by atoms with E-state index in [-0.39, 0.29) is 0 Å². The molecule has 62 heavy (non-hydrogen) atoms. The minimum absolute atomic E-state index is 0.529. The van der Waals surface area contributed by atoms with Gasteiger partial charge < -0.3 is 4.42 Å². The molecule has 0 amide bonds. The molecule has 0 atom stereocenters. The van der Waals surface area contributed by atoms with Crippen molar-refractivity contribution in [2.45, 2.75) is 0 Å². The fraction of sp³-hybridized carbons (Fsp3) is 0. The first-order valence-electron chi connectivity index (χ1n) is 20.8. The molecule has 9 aromatic carbocycles. The van der Waals surface area contributed by atoms with Gasteiger partial charge in [0, 0.05) is 32.7 Å². The molecule has 0 bridgehead atoms. The highest BCUT2D eigenvalue weighted by Gasteiger charge is 2.22. The van der Waals surface area contributed by atoms with E-state index in [9.17, 15) is 0 Å². The van der Waals surface area contributed by atoms with Crippen LogP contribution in [0.3, 0.4) is 0 Å². The van der Waals surface area contributed by atoms with Crippen molar-refractivity contribution < 1.29 is 4.42 Å². The van der Waals surface area contributed by atoms with Crippen molar-refractivity contribution in [2.75, 3.05) is 0 Å². The quantitative estimate of drug-likeness (QED) is 0.161. The zero-order valence-corrected chi connectivity index (χ0v) is 33.5. The van der Waals surface area contributed by atoms with Crippen LogP contribution in [0.2, 0.25) is 0 Å². The van der Waals surface area contributed by atoms with Crippen molar-refractivity contribution in [1.82, 2.24) is 19.5 Å². The summed E-state index contributed by atoms with van der Waals surface area (Å²) in [5.74, 6) is 1.72. The molecule has 0 aliphatic carbocycles. The predicted octanol–water partition coefficient (Wildman–Crippen LogP) is 14.9. The molecular formula is C57H36N4O. The maximum atomic E-state index is 6.62. The van der Waals surface area contributed by atoms with Crippen LogP contribution in [0.1, 0.15) is 0 Å². The normalized spacial score (nSPS) is 11.5. The summed E-state index contributed by atoms with van der Waals surface area (Å²) < 4.78 is 8.76. The zero-order chi connectivity index (χ0) is 41.0. The summed E-state index contributed by atoms with van der Waals surface area (Å²) in [6.07, 6.45) is 0. The molecule has 12 rings (SSSR count). The Balaban J connectivity index is 0.879. The minimum Gasteiger partial charge on any atom is -0.454 e. The van der Waals surface area contributed by atoms with Gasteiger partial charge in [-0.1, -0.05) is 200 Å². The molecule has 0 spiro atoms. The summed E-state index contributed by atoms with van der Waals surface area (Å²) in [6, 6.07) is 76.4. The number of fused-ring (bicyclic) bond motifs is 7. The average Bonchev–Trinajstić information content (AvgIpc) is 3.91. The Hall–Kier alpha value is -8.41. The Bertz CT molecular complexity index is 3570. The topological polar surface area (TPSA) is 56.7 Å². The molecule has 0 aliphatic heterocycles. The second-order valence-electron chi connectivity index (χ2n) is 15.6. The van der Waals surface area contributed by atoms with Gasteiger partial charge in [0.2, 0.25) is 5.95 Å². The van der Waals surface area contributed by atoms with Crippen molar-refractivity contribution in [2.24, 2.45) is 0 Å². The highest BCUT2D eigenvalue weighted by atomic mass is 16.3. The smallest absolute Gasteiger partial charge is 0.238 e. The van der Waals surface area contributed by atoms with Gasteiger partial charge in [-0.25, -0.2) is 4.98 Å². The molecule has 3 heterocycles. The average molecular weight is 793 g/mol. The zero-order valence-electron chi connectivity index (χ0n) is 33.5. The number of benzene rings is 9. The molecule has 290 valence electrons. The van der Waals surface area contributed by atoms with Gasteiger partial charge in [0.15, 0.2) is 17.2 Å². The van der Waals surface area contributed by atoms with Crippen LogP contribution in [0.15, 0.2) is 223 Å². The summed E-state index contributed by atoms with van der Waals surface area (Å²) in [6.45, 7) is 0. The van der Waals surface area contributed by atoms with Gasteiger partial charge in [-0.05, 0) is 62.7 Å². The van der Waals surface area contributed by atoms with Crippen LogP contribution in [-0.2, 0) is 0 Å². The van der Waals surface area contributed by atoms with Gasteiger partial charge in [0.05, 0.1) is 5.52 Å². The van der Waals surface area contributed by atoms with E-state index in [4.69, 9.17) is 19.4 Å². The lowest BCUT2D eigenvalue weighted by Gasteiger charge is -2.11. The van der Waals surface area contributed by atoms with Crippen LogP contribution in [0, 0.1) is 0 Å². The van der Waals surface area contributed by atoms with Crippen molar-refractivity contribution >= 4 is 43.7 Å². The summed E-state index contributed by atoms with van der Waals surface area (Å²) in [5.41, 5.74) is 14.8. The molecule has 0 saturated heterocycles. The van der Waals surface area contributed by atoms with Gasteiger partial charge in [-0.3, -0.25) is 4.57 Å². The molecule has 5 heteroatoms. The SMILES string of the molecule is c1ccc(-c2ccc(-c3ccc(-c4ccc(-c5ccc(-c6nc(-c7ccccc7)nc(-n7c8ccccc8c8ccc9c%10ccccc%10oc9c87)n6)cc5)cc4)cc3)cc2)cc1. The fourth-order valence-electron chi connectivity index (χ4n) is 8.76. The van der Waals surface area contributed by atoms with E-state index in [1.54, 1.807) is 0 Å². The number of hydrogen-bond acceptors (Lipinski definition) is 4. The van der Waals surface area contributed by atoms with Gasteiger partial charge in [-0.2, -0.15) is 9.97 Å². The van der Waals surface area contributed by atoms with E-state index in [1.807, 2.05) is 48.5 Å². The Morgan fingerprint density at radius 3 is 1.21 bits per heavy atom. The first-order chi connectivity index (χ1) is 30.7. The van der Waals surface area contributed by atoms with Crippen LogP contribution in [0.25, 0.3) is 117 Å². The third-order valence-electron chi connectivity index (χ3n) is 11.9. The predicted molar refractivity (Wildman–Crippen MR) is 254 cm³/mol. The summed E-state index contributed by atoms with van der Waals surface area (Å²) in [7, 11) is 0. The van der Waals surface area contributed by atoms with Crippen LogP contribution >= 0.6 is 0 Å². The molecule has 0 aliphatic rings. The van der Waals surface area contributed by atoms with Crippen molar-refractivity contribution in [3.63, 3.8) is 0 Å². The standard InChI is InChI=1S/C57H36N4O/c1-3-11-37(12-4-1)38-19-21-39(22-20-38)40-23-25-41(26-24-40)42-27-29-43(30-28-42)44-31-33-46(34-32-44)56-58-55(45-13-5-2-6-14-45)59-57(60-56)61-51-17-9-7-15-47(51)49-35-36-50-48-16-8-10-18-52(48)62-54(50)53(49)61/h1-36H. The minimum atomic E-state index is 0.529. The van der Waals surface area contributed by atoms with Crippen LogP contribution in [-0.4, -0.2) is 19.5 Å². The van der Waals surface area contributed by atoms with E-state index in [1.165, 1.54) is 33.4 Å². The summed E-state index contributed by atoms with van der Waals surface area (Å²) >= 11 is 0. The maximum absolute atomic E-state index is 6.62. The van der Waals surface area contributed by atoms with Gasteiger partial charge in [-0.15, -0.1) is 0 Å². The number of aromatic nitrogens is 4. The summed E-state index contributed by atoms with van der Waals surface area (Å²) in [4.78, 5) is 15.5. The molecule has 3 aromatic heterocycles. The van der Waals surface area contributed by atoms with E-state index in [2.05, 4.69) is 174 Å². The second-order valence-corrected chi connectivity index (χ2v) is 15.6. The lowest BCUT2D eigenvalue weighted by atomic mass is 9.97. The maximum Gasteiger partial charge on any atom is 0.238 e. The summed E-state index contributed by atoms with van der Waals surface area (Å²) in [5, 5.41) is 4.31. The van der Waals surface area contributed by atoms with E-state index in [0.717, 1.165) is 66.0 Å². The van der Waals surface area contributed by atoms with E-state index < -0.39 is 0 Å². The van der Waals surface area contributed by atoms with Crippen molar-refractivity contribution in [1.29, 1.82) is 0 Å². The highest BCUT2D eigenvalue weighted by molar-refractivity contribution is 6.21.